The highest BCUT2D eigenvalue weighted by Gasteiger charge is 2.47. The van der Waals surface area contributed by atoms with Crippen molar-refractivity contribution in [3.05, 3.63) is 348 Å². The first kappa shape index (κ1) is 110. The van der Waals surface area contributed by atoms with E-state index in [1.54, 1.807) is 63.6 Å². The second-order valence-electron chi connectivity index (χ2n) is 40.2. The van der Waals surface area contributed by atoms with Gasteiger partial charge in [0.2, 0.25) is 17.1 Å². The summed E-state index contributed by atoms with van der Waals surface area (Å²) in [6.45, 7) is 43.8. The van der Waals surface area contributed by atoms with E-state index in [-0.39, 0.29) is 34.7 Å². The van der Waals surface area contributed by atoms with E-state index in [0.29, 0.717) is 67.4 Å². The Morgan fingerprint density at radius 2 is 0.782 bits per heavy atom. The molecule has 0 amide bonds. The SMILES string of the molecule is CCOP(C)(=O)Oc1ccc(CBr)cc1.CCOP(C)(=O)Oc1ccc(COc2ccc3c(c2)OC2=C(C=O)CCCC2=C3)cc1.CC[N+]1=C(/C=C/C2=C3Oc4cc(OCC5=CCC(OP(C)(C)=O)C=C5)ccc4C=C3CCC2)C(C)(C)c2cc(C)ccc21.CC[N+]1=C(/C=C/C2=C3Oc4cc(OCc5ccc(OP(=O)(O)O)cc5)ccc4C=C3CCC2)C(C)(C)c2cc(C)ccc21.CC[N+]1=C(C)C(C)(C)c2cc(C)ccc21. The van der Waals surface area contributed by atoms with Crippen LogP contribution in [0.25, 0.3) is 18.2 Å². The molecule has 147 heavy (non-hydrogen) atoms. The number of hydrogen-bond donors (Lipinski definition) is 2. The first-order valence-electron chi connectivity index (χ1n) is 50.8. The van der Waals surface area contributed by atoms with Gasteiger partial charge in [-0.2, -0.15) is 13.7 Å². The Balaban J connectivity index is 0.000000146. The molecule has 9 aromatic rings. The highest BCUT2D eigenvalue weighted by molar-refractivity contribution is 9.08. The Labute approximate surface area is 875 Å². The summed E-state index contributed by atoms with van der Waals surface area (Å²) in [5, 5.41) is 0.794. The zero-order chi connectivity index (χ0) is 105. The standard InChI is InChI=1S/C37H43NO4P.C35H36NO6P.C24H25O6P.C14H20N.C10H14BrO3P/c1-7-38-33-19-11-25(2)21-32(33)37(3,4)35(38)20-15-27-9-8-10-29-22-28-14-18-31(23-34(28)41-36(27)29)40-24-26-12-16-30(17-13-26)42-43(5,6)39;1-5-36-31-17-9-23(2)19-30(31)35(3,4)33(36)18-13-25-7-6-8-27-20-26-12-16-29(21-32(26)41-34(25)27)40-22-24-10-14-28(15-11-24)42-43(37,38)39;1-3-28-31(2,26)30-21-10-7-17(8-11-21)16-27-22-12-9-18-13-19-5-4-6-20(15-25)24(19)29-23(18)14-22;1-6-15-11(3)14(4,5)12-9-10(2)7-8-13(12)15;1-3-13-15(2,12)14-10-6-4-9(8-11)5-7-10/h11-16,18-23,30H,7-10,17,24H2,1-6H3;9-21H,5-8,22H2,1-4H3,(H-,37,38,39);7-15H,3-6,16H2,1-2H3;7-9H,6H2,1-5H3;4-7H,3,8H2,1-2H3/q+1;;;+1;/p+1/b20-15+;18-13+;;;. The lowest BCUT2D eigenvalue weighted by atomic mass is 9.80. The number of nitrogens with zero attached hydrogens (tertiary/aromatic N) is 3. The van der Waals surface area contributed by atoms with Gasteiger partial charge < -0.3 is 55.6 Å². The van der Waals surface area contributed by atoms with Crippen molar-refractivity contribution in [2.45, 2.75) is 209 Å². The molecular weight excluding hydrogens is 1990 g/mol. The molecule has 9 aromatic carbocycles. The summed E-state index contributed by atoms with van der Waals surface area (Å²) in [7, 11) is -13.2. The Hall–Kier alpha value is -11.5. The number of hydrogen-bond acceptors (Lipinski definition) is 17. The van der Waals surface area contributed by atoms with Crippen LogP contribution in [0.15, 0.2) is 281 Å². The minimum absolute atomic E-state index is 0.0659. The number of phosphoric acid groups is 1. The average Bonchev–Trinajstić information content (AvgIpc) is 1.59. The van der Waals surface area contributed by atoms with Gasteiger partial charge in [-0.3, -0.25) is 19.1 Å². The van der Waals surface area contributed by atoms with Crippen molar-refractivity contribution in [3.63, 3.8) is 0 Å². The van der Waals surface area contributed by atoms with Gasteiger partial charge in [-0.15, -0.1) is 0 Å². The largest absolute Gasteiger partial charge is 0.524 e. The number of alkyl halides is 1. The minimum atomic E-state index is -4.59. The summed E-state index contributed by atoms with van der Waals surface area (Å²) < 4.78 is 123. The van der Waals surface area contributed by atoms with E-state index in [4.69, 9.17) is 60.8 Å². The zero-order valence-corrected chi connectivity index (χ0v) is 93.2. The van der Waals surface area contributed by atoms with Crippen LogP contribution in [-0.2, 0) is 71.4 Å². The molecule has 0 saturated heterocycles. The third kappa shape index (κ3) is 27.0. The summed E-state index contributed by atoms with van der Waals surface area (Å²) in [4.78, 5) is 29.3. The quantitative estimate of drug-likeness (QED) is 0.0184. The van der Waals surface area contributed by atoms with Gasteiger partial charge in [-0.25, -0.2) is 13.7 Å². The van der Waals surface area contributed by atoms with Crippen molar-refractivity contribution < 1.29 is 102 Å². The van der Waals surface area contributed by atoms with Gasteiger partial charge in [-0.05, 0) is 333 Å². The molecule has 0 bridgehead atoms. The third-order valence-electron chi connectivity index (χ3n) is 27.7. The molecule has 2 N–H and O–H groups in total. The Morgan fingerprint density at radius 3 is 1.14 bits per heavy atom. The van der Waals surface area contributed by atoms with Crippen LogP contribution < -0.4 is 42.0 Å². The van der Waals surface area contributed by atoms with Crippen molar-refractivity contribution in [2.75, 3.05) is 66.1 Å². The van der Waals surface area contributed by atoms with Crippen molar-refractivity contribution in [1.82, 2.24) is 0 Å². The highest BCUT2D eigenvalue weighted by Crippen LogP contribution is 2.52. The second kappa shape index (κ2) is 47.1. The van der Waals surface area contributed by atoms with E-state index in [9.17, 15) is 23.1 Å². The van der Waals surface area contributed by atoms with Crippen LogP contribution in [0.1, 0.15) is 214 Å². The number of halogens is 1. The van der Waals surface area contributed by atoms with Crippen molar-refractivity contribution in [3.8, 4) is 51.7 Å². The van der Waals surface area contributed by atoms with Gasteiger partial charge in [0.15, 0.2) is 24.5 Å². The highest BCUT2D eigenvalue weighted by atomic mass is 79.9. The van der Waals surface area contributed by atoms with Crippen LogP contribution in [-0.4, -0.2) is 119 Å². The van der Waals surface area contributed by atoms with E-state index >= 15 is 0 Å². The smallest absolute Gasteiger partial charge is 0.489 e. The molecule has 0 fully saturated rings. The van der Waals surface area contributed by atoms with Crippen molar-refractivity contribution in [1.29, 1.82) is 0 Å². The first-order valence-corrected chi connectivity index (χ1v) is 60.0. The number of aryl methyl sites for hydroxylation is 3. The number of fused-ring (bicyclic) bond motifs is 9. The predicted molar refractivity (Wildman–Crippen MR) is 593 cm³/mol. The lowest BCUT2D eigenvalue weighted by Gasteiger charge is -2.27. The summed E-state index contributed by atoms with van der Waals surface area (Å²) in [5.41, 5.74) is 30.2. The Kier molecular flexibility index (Phi) is 35.1. The van der Waals surface area contributed by atoms with E-state index in [2.05, 4.69) is 233 Å². The van der Waals surface area contributed by atoms with Crippen LogP contribution in [0.5, 0.6) is 51.7 Å². The van der Waals surface area contributed by atoms with Gasteiger partial charge in [0.25, 0.3) is 0 Å². The van der Waals surface area contributed by atoms with Crippen LogP contribution in [0.4, 0.5) is 17.1 Å². The monoisotopic (exact) mass is 2130 g/mol. The van der Waals surface area contributed by atoms with E-state index in [1.165, 1.54) is 115 Å². The number of phosphoric ester groups is 1. The molecule has 3 unspecified atom stereocenters. The minimum Gasteiger partial charge on any atom is -0.489 e. The fourth-order valence-corrected chi connectivity index (χ4v) is 23.7. The molecule has 10 aliphatic rings. The number of allylic oxidation sites excluding steroid dienone is 10. The van der Waals surface area contributed by atoms with Gasteiger partial charge in [0, 0.05) is 126 Å². The molecule has 0 spiro atoms. The van der Waals surface area contributed by atoms with Crippen molar-refractivity contribution >= 4 is 105 Å². The summed E-state index contributed by atoms with van der Waals surface area (Å²) in [6.07, 6.45) is 32.1. The molecular formula is C120H139BrN3O19P4+3. The summed E-state index contributed by atoms with van der Waals surface area (Å²) in [5.74, 6) is 8.21. The third-order valence-corrected chi connectivity index (χ3v) is 32.1. The van der Waals surface area contributed by atoms with Gasteiger partial charge >= 0.3 is 23.0 Å². The topological polar surface area (TPSA) is 246 Å². The Bertz CT molecular complexity index is 7150. The van der Waals surface area contributed by atoms with Crippen LogP contribution in [0, 0.1) is 20.8 Å². The lowest BCUT2D eigenvalue weighted by molar-refractivity contribution is -0.434. The summed E-state index contributed by atoms with van der Waals surface area (Å²) >= 11 is 3.35. The van der Waals surface area contributed by atoms with Crippen molar-refractivity contribution in [2.24, 2.45) is 0 Å². The number of benzene rings is 9. The maximum absolute atomic E-state index is 12.1. The average molecular weight is 2130 g/mol. The molecule has 4 aliphatic carbocycles. The predicted octanol–water partition coefficient (Wildman–Crippen LogP) is 30.1. The normalized spacial score (nSPS) is 18.1. The molecule has 0 aromatic heterocycles. The number of carbonyl (C=O) groups excluding carboxylic acids is 1. The molecule has 0 radical (unpaired) electrons. The molecule has 19 rings (SSSR count). The summed E-state index contributed by atoms with van der Waals surface area (Å²) in [6, 6.07) is 59.1. The number of carbonyl (C=O) groups is 1. The first-order chi connectivity index (χ1) is 70.0. The molecule has 3 atom stereocenters. The molecule has 772 valence electrons. The molecule has 0 saturated carbocycles. The zero-order valence-electron chi connectivity index (χ0n) is 88.0. The number of rotatable bonds is 30. The Morgan fingerprint density at radius 1 is 0.422 bits per heavy atom. The molecule has 6 aliphatic heterocycles. The van der Waals surface area contributed by atoms with Crippen LogP contribution >= 0.6 is 46.3 Å². The maximum Gasteiger partial charge on any atom is 0.524 e. The van der Waals surface area contributed by atoms with Crippen LogP contribution in [0.3, 0.4) is 0 Å². The number of ether oxygens (including phenoxy) is 6. The van der Waals surface area contributed by atoms with Gasteiger partial charge in [0.05, 0.1) is 35.6 Å². The lowest BCUT2D eigenvalue weighted by Crippen LogP contribution is -2.27. The number of aldehydes is 1. The van der Waals surface area contributed by atoms with Gasteiger partial charge in [0.1, 0.15) is 115 Å². The van der Waals surface area contributed by atoms with E-state index in [1.807, 2.05) is 84.9 Å². The fraction of sp³-hybridized carbons (Fsp3) is 0.350. The fourth-order valence-electron chi connectivity index (χ4n) is 20.0. The molecule has 22 nitrogen and oxygen atoms in total. The molecule has 27 heteroatoms. The second-order valence-corrected chi connectivity index (χ2v) is 48.6. The molecule has 6 heterocycles. The van der Waals surface area contributed by atoms with Crippen LogP contribution in [0.2, 0.25) is 0 Å². The van der Waals surface area contributed by atoms with Gasteiger partial charge in [-0.1, -0.05) is 105 Å². The van der Waals surface area contributed by atoms with E-state index < -0.39 is 30.4 Å². The van der Waals surface area contributed by atoms with E-state index in [0.717, 1.165) is 168 Å². The maximum atomic E-state index is 12.1.